The van der Waals surface area contributed by atoms with Crippen molar-refractivity contribution in [2.45, 2.75) is 19.6 Å². The number of allylic oxidation sites excluding steroid dienone is 2. The van der Waals surface area contributed by atoms with Gasteiger partial charge in [0.25, 0.3) is 0 Å². The van der Waals surface area contributed by atoms with Gasteiger partial charge in [-0.2, -0.15) is 0 Å². The van der Waals surface area contributed by atoms with E-state index in [0.717, 1.165) is 0 Å². The standard InChI is InChI=1S/C8H14O3/c1-4-5-7(9)6-8(10-2)11-3/h4-5,8H,6H2,1-3H3. The Morgan fingerprint density at radius 3 is 2.36 bits per heavy atom. The predicted octanol–water partition coefficient (Wildman–Crippen LogP) is 1.14. The van der Waals surface area contributed by atoms with E-state index in [1.54, 1.807) is 13.0 Å². The van der Waals surface area contributed by atoms with Crippen molar-refractivity contribution in [2.75, 3.05) is 14.2 Å². The van der Waals surface area contributed by atoms with Crippen molar-refractivity contribution in [2.24, 2.45) is 0 Å². The lowest BCUT2D eigenvalue weighted by Crippen LogP contribution is -2.16. The first-order valence-electron chi connectivity index (χ1n) is 3.45. The molecule has 0 heterocycles. The highest BCUT2D eigenvalue weighted by Gasteiger charge is 2.08. The number of carbonyl (C=O) groups is 1. The number of rotatable bonds is 5. The van der Waals surface area contributed by atoms with Crippen LogP contribution in [-0.4, -0.2) is 26.3 Å². The summed E-state index contributed by atoms with van der Waals surface area (Å²) in [6.07, 6.45) is 3.06. The van der Waals surface area contributed by atoms with Crippen LogP contribution in [0.5, 0.6) is 0 Å². The Balaban J connectivity index is 3.71. The largest absolute Gasteiger partial charge is 0.355 e. The second-order valence-electron chi connectivity index (χ2n) is 2.07. The normalized spacial score (nSPS) is 11.3. The smallest absolute Gasteiger partial charge is 0.164 e. The Labute approximate surface area is 67.0 Å². The Morgan fingerprint density at radius 1 is 1.45 bits per heavy atom. The molecule has 0 saturated heterocycles. The van der Waals surface area contributed by atoms with Gasteiger partial charge >= 0.3 is 0 Å². The number of ketones is 1. The molecular weight excluding hydrogens is 144 g/mol. The third-order valence-electron chi connectivity index (χ3n) is 1.25. The second-order valence-corrected chi connectivity index (χ2v) is 2.07. The van der Waals surface area contributed by atoms with Gasteiger partial charge in [-0.05, 0) is 13.0 Å². The molecule has 0 fully saturated rings. The Bertz CT molecular complexity index is 136. The van der Waals surface area contributed by atoms with E-state index in [4.69, 9.17) is 9.47 Å². The van der Waals surface area contributed by atoms with Crippen LogP contribution in [0.2, 0.25) is 0 Å². The minimum absolute atomic E-state index is 0.0150. The van der Waals surface area contributed by atoms with Gasteiger partial charge in [-0.1, -0.05) is 6.08 Å². The molecule has 64 valence electrons. The predicted molar refractivity (Wildman–Crippen MR) is 42.2 cm³/mol. The summed E-state index contributed by atoms with van der Waals surface area (Å²) in [5.74, 6) is 0.0150. The number of methoxy groups -OCH3 is 2. The van der Waals surface area contributed by atoms with E-state index in [1.165, 1.54) is 20.3 Å². The molecule has 3 heteroatoms. The highest BCUT2D eigenvalue weighted by Crippen LogP contribution is 1.98. The average molecular weight is 158 g/mol. The van der Waals surface area contributed by atoms with Gasteiger partial charge in [-0.3, -0.25) is 4.79 Å². The van der Waals surface area contributed by atoms with E-state index in [9.17, 15) is 4.79 Å². The highest BCUT2D eigenvalue weighted by atomic mass is 16.7. The van der Waals surface area contributed by atoms with E-state index in [0.29, 0.717) is 0 Å². The summed E-state index contributed by atoms with van der Waals surface area (Å²) in [7, 11) is 3.02. The monoisotopic (exact) mass is 158 g/mol. The van der Waals surface area contributed by atoms with E-state index < -0.39 is 6.29 Å². The van der Waals surface area contributed by atoms with E-state index in [1.807, 2.05) is 0 Å². The summed E-state index contributed by atoms with van der Waals surface area (Å²) in [5, 5.41) is 0. The van der Waals surface area contributed by atoms with Crippen molar-refractivity contribution in [1.29, 1.82) is 0 Å². The van der Waals surface area contributed by atoms with Crippen LogP contribution in [0.3, 0.4) is 0 Å². The molecule has 0 spiro atoms. The maximum absolute atomic E-state index is 10.9. The van der Waals surface area contributed by atoms with Crippen LogP contribution in [0.25, 0.3) is 0 Å². The zero-order chi connectivity index (χ0) is 8.69. The third kappa shape index (κ3) is 4.70. The average Bonchev–Trinajstić information content (AvgIpc) is 2.01. The summed E-state index contributed by atoms with van der Waals surface area (Å²) < 4.78 is 9.68. The summed E-state index contributed by atoms with van der Waals surface area (Å²) in [5.41, 5.74) is 0. The lowest BCUT2D eigenvalue weighted by molar-refractivity contribution is -0.133. The highest BCUT2D eigenvalue weighted by molar-refractivity contribution is 5.89. The van der Waals surface area contributed by atoms with Gasteiger partial charge in [-0.25, -0.2) is 0 Å². The van der Waals surface area contributed by atoms with Crippen molar-refractivity contribution in [3.63, 3.8) is 0 Å². The minimum Gasteiger partial charge on any atom is -0.355 e. The first-order valence-corrected chi connectivity index (χ1v) is 3.45. The molecule has 0 bridgehead atoms. The molecule has 11 heavy (non-hydrogen) atoms. The van der Waals surface area contributed by atoms with Crippen molar-refractivity contribution < 1.29 is 14.3 Å². The fourth-order valence-corrected chi connectivity index (χ4v) is 0.681. The number of ether oxygens (including phenoxy) is 2. The van der Waals surface area contributed by atoms with E-state index in [-0.39, 0.29) is 12.2 Å². The molecule has 0 aromatic rings. The Kier molecular flexibility index (Phi) is 5.70. The maximum atomic E-state index is 10.9. The summed E-state index contributed by atoms with van der Waals surface area (Å²) in [6.45, 7) is 1.80. The van der Waals surface area contributed by atoms with Gasteiger partial charge in [0.2, 0.25) is 0 Å². The molecule has 0 aliphatic rings. The fraction of sp³-hybridized carbons (Fsp3) is 0.625. The Morgan fingerprint density at radius 2 is 2.00 bits per heavy atom. The van der Waals surface area contributed by atoms with Crippen LogP contribution < -0.4 is 0 Å². The molecule has 0 aromatic carbocycles. The topological polar surface area (TPSA) is 35.5 Å². The zero-order valence-electron chi connectivity index (χ0n) is 7.16. The van der Waals surface area contributed by atoms with Crippen LogP contribution in [-0.2, 0) is 14.3 Å². The van der Waals surface area contributed by atoms with Gasteiger partial charge in [-0.15, -0.1) is 0 Å². The lowest BCUT2D eigenvalue weighted by atomic mass is 10.2. The van der Waals surface area contributed by atoms with Crippen LogP contribution in [0.1, 0.15) is 13.3 Å². The zero-order valence-corrected chi connectivity index (χ0v) is 7.16. The van der Waals surface area contributed by atoms with Gasteiger partial charge in [0, 0.05) is 14.2 Å². The summed E-state index contributed by atoms with van der Waals surface area (Å²) >= 11 is 0. The summed E-state index contributed by atoms with van der Waals surface area (Å²) in [6, 6.07) is 0. The van der Waals surface area contributed by atoms with Gasteiger partial charge in [0.15, 0.2) is 12.1 Å². The number of hydrogen-bond acceptors (Lipinski definition) is 3. The molecule has 0 amide bonds. The third-order valence-corrected chi connectivity index (χ3v) is 1.25. The molecule has 0 N–H and O–H groups in total. The maximum Gasteiger partial charge on any atom is 0.164 e. The van der Waals surface area contributed by atoms with Crippen molar-refractivity contribution in [3.8, 4) is 0 Å². The lowest BCUT2D eigenvalue weighted by Gasteiger charge is -2.10. The molecule has 0 radical (unpaired) electrons. The summed E-state index contributed by atoms with van der Waals surface area (Å²) in [4.78, 5) is 10.9. The SMILES string of the molecule is CC=CC(=O)CC(OC)OC. The Hall–Kier alpha value is -0.670. The van der Waals surface area contributed by atoms with E-state index in [2.05, 4.69) is 0 Å². The minimum atomic E-state index is -0.418. The first-order chi connectivity index (χ1) is 5.24. The van der Waals surface area contributed by atoms with Crippen LogP contribution in [0, 0.1) is 0 Å². The molecule has 0 unspecified atom stereocenters. The number of carbonyl (C=O) groups excluding carboxylic acids is 1. The molecule has 3 nitrogen and oxygen atoms in total. The fourth-order valence-electron chi connectivity index (χ4n) is 0.681. The molecule has 0 aliphatic heterocycles. The van der Waals surface area contributed by atoms with Gasteiger partial charge in [0.1, 0.15) is 0 Å². The van der Waals surface area contributed by atoms with Crippen LogP contribution in [0.4, 0.5) is 0 Å². The molecule has 0 aliphatic carbocycles. The molecule has 0 rings (SSSR count). The van der Waals surface area contributed by atoms with Gasteiger partial charge in [0.05, 0.1) is 6.42 Å². The molecular formula is C8H14O3. The van der Waals surface area contributed by atoms with Crippen molar-refractivity contribution >= 4 is 5.78 Å². The van der Waals surface area contributed by atoms with Crippen LogP contribution >= 0.6 is 0 Å². The quantitative estimate of drug-likeness (QED) is 0.444. The van der Waals surface area contributed by atoms with Crippen molar-refractivity contribution in [1.82, 2.24) is 0 Å². The van der Waals surface area contributed by atoms with Gasteiger partial charge < -0.3 is 9.47 Å². The molecule has 0 atom stereocenters. The number of hydrogen-bond donors (Lipinski definition) is 0. The molecule has 0 aromatic heterocycles. The van der Waals surface area contributed by atoms with E-state index >= 15 is 0 Å². The van der Waals surface area contributed by atoms with Crippen molar-refractivity contribution in [3.05, 3.63) is 12.2 Å². The molecule has 0 saturated carbocycles. The van der Waals surface area contributed by atoms with Crippen LogP contribution in [0.15, 0.2) is 12.2 Å². The first kappa shape index (κ1) is 10.3. The second kappa shape index (κ2) is 6.07.